The molecule has 1 saturated carbocycles. The molecule has 0 radical (unpaired) electrons. The Morgan fingerprint density at radius 1 is 1.13 bits per heavy atom. The molecule has 1 atom stereocenters. The fraction of sp³-hybridized carbons (Fsp3) is 0.409. The molecule has 2 N–H and O–H groups in total. The van der Waals surface area contributed by atoms with Crippen LogP contribution in [0.15, 0.2) is 36.4 Å². The minimum Gasteiger partial charge on any atom is -0.490 e. The van der Waals surface area contributed by atoms with E-state index >= 15 is 0 Å². The SMILES string of the molecule is CCOc1ccc(C(C)NC(=O)c2ccc(NC3CC3)c([N+](=O)[O-])c2)cc1OCC. The number of ether oxygens (including phenoxy) is 2. The second-order valence-corrected chi connectivity index (χ2v) is 7.17. The van der Waals surface area contributed by atoms with Gasteiger partial charge in [0.2, 0.25) is 0 Å². The van der Waals surface area contributed by atoms with Crippen LogP contribution >= 0.6 is 0 Å². The first-order chi connectivity index (χ1) is 14.4. The third kappa shape index (κ3) is 5.20. The molecule has 0 heterocycles. The summed E-state index contributed by atoms with van der Waals surface area (Å²) in [5.74, 6) is 0.885. The molecular formula is C22H27N3O5. The first kappa shape index (κ1) is 21.4. The van der Waals surface area contributed by atoms with E-state index in [1.54, 1.807) is 12.1 Å². The zero-order valence-corrected chi connectivity index (χ0v) is 17.4. The molecule has 8 heteroatoms. The molecule has 1 fully saturated rings. The highest BCUT2D eigenvalue weighted by Crippen LogP contribution is 2.33. The first-order valence-electron chi connectivity index (χ1n) is 10.2. The average molecular weight is 413 g/mol. The Hall–Kier alpha value is -3.29. The molecule has 1 aliphatic rings. The predicted octanol–water partition coefficient (Wildman–Crippen LogP) is 4.46. The maximum atomic E-state index is 12.7. The van der Waals surface area contributed by atoms with Gasteiger partial charge in [-0.3, -0.25) is 14.9 Å². The number of rotatable bonds is 10. The van der Waals surface area contributed by atoms with Crippen molar-refractivity contribution in [3.63, 3.8) is 0 Å². The van der Waals surface area contributed by atoms with E-state index in [1.165, 1.54) is 6.07 Å². The first-order valence-corrected chi connectivity index (χ1v) is 10.2. The lowest BCUT2D eigenvalue weighted by atomic mass is 10.1. The topological polar surface area (TPSA) is 103 Å². The van der Waals surface area contributed by atoms with E-state index in [0.717, 1.165) is 18.4 Å². The van der Waals surface area contributed by atoms with Crippen molar-refractivity contribution in [1.82, 2.24) is 5.32 Å². The molecule has 0 saturated heterocycles. The summed E-state index contributed by atoms with van der Waals surface area (Å²) < 4.78 is 11.2. The van der Waals surface area contributed by atoms with Gasteiger partial charge in [-0.1, -0.05) is 6.07 Å². The third-order valence-corrected chi connectivity index (χ3v) is 4.81. The van der Waals surface area contributed by atoms with Crippen LogP contribution in [0.2, 0.25) is 0 Å². The molecule has 0 aromatic heterocycles. The maximum absolute atomic E-state index is 12.7. The molecule has 0 aliphatic heterocycles. The largest absolute Gasteiger partial charge is 0.490 e. The van der Waals surface area contributed by atoms with Gasteiger partial charge in [0.25, 0.3) is 11.6 Å². The van der Waals surface area contributed by atoms with Crippen molar-refractivity contribution in [1.29, 1.82) is 0 Å². The molecule has 1 unspecified atom stereocenters. The predicted molar refractivity (Wildman–Crippen MR) is 114 cm³/mol. The van der Waals surface area contributed by atoms with Crippen LogP contribution in [0.1, 0.15) is 55.6 Å². The highest BCUT2D eigenvalue weighted by molar-refractivity contribution is 5.96. The normalized spacial score (nSPS) is 14.0. The van der Waals surface area contributed by atoms with Gasteiger partial charge in [-0.15, -0.1) is 0 Å². The van der Waals surface area contributed by atoms with Gasteiger partial charge in [-0.2, -0.15) is 0 Å². The van der Waals surface area contributed by atoms with Crippen LogP contribution in [0.5, 0.6) is 11.5 Å². The zero-order chi connectivity index (χ0) is 21.7. The van der Waals surface area contributed by atoms with E-state index in [-0.39, 0.29) is 29.2 Å². The zero-order valence-electron chi connectivity index (χ0n) is 17.4. The fourth-order valence-corrected chi connectivity index (χ4v) is 3.09. The van der Waals surface area contributed by atoms with Gasteiger partial charge in [0.1, 0.15) is 5.69 Å². The van der Waals surface area contributed by atoms with Gasteiger partial charge < -0.3 is 20.1 Å². The van der Waals surface area contributed by atoms with Crippen LogP contribution in [-0.2, 0) is 0 Å². The number of anilines is 1. The molecule has 1 amide bonds. The van der Waals surface area contributed by atoms with E-state index in [2.05, 4.69) is 10.6 Å². The van der Waals surface area contributed by atoms with E-state index in [0.29, 0.717) is 30.4 Å². The average Bonchev–Trinajstić information content (AvgIpc) is 3.53. The highest BCUT2D eigenvalue weighted by atomic mass is 16.6. The molecule has 0 bridgehead atoms. The number of nitrogens with one attached hydrogen (secondary N) is 2. The summed E-state index contributed by atoms with van der Waals surface area (Å²) in [5, 5.41) is 17.5. The Labute approximate surface area is 175 Å². The summed E-state index contributed by atoms with van der Waals surface area (Å²) in [7, 11) is 0. The molecule has 3 rings (SSSR count). The molecule has 160 valence electrons. The maximum Gasteiger partial charge on any atom is 0.293 e. The van der Waals surface area contributed by atoms with Crippen LogP contribution in [-0.4, -0.2) is 30.1 Å². The molecule has 1 aliphatic carbocycles. The number of amides is 1. The molecule has 30 heavy (non-hydrogen) atoms. The van der Waals surface area contributed by atoms with E-state index < -0.39 is 4.92 Å². The van der Waals surface area contributed by atoms with E-state index in [1.807, 2.05) is 39.0 Å². The second-order valence-electron chi connectivity index (χ2n) is 7.17. The van der Waals surface area contributed by atoms with E-state index in [4.69, 9.17) is 9.47 Å². The minimum absolute atomic E-state index is 0.0955. The van der Waals surface area contributed by atoms with Crippen molar-refractivity contribution in [3.05, 3.63) is 57.6 Å². The molecule has 2 aromatic rings. The number of nitro groups is 1. The lowest BCUT2D eigenvalue weighted by molar-refractivity contribution is -0.384. The fourth-order valence-electron chi connectivity index (χ4n) is 3.09. The number of benzene rings is 2. The molecule has 8 nitrogen and oxygen atoms in total. The van der Waals surface area contributed by atoms with Crippen LogP contribution in [0.25, 0.3) is 0 Å². The number of carbonyl (C=O) groups excluding carboxylic acids is 1. The van der Waals surface area contributed by atoms with Crippen molar-refractivity contribution in [3.8, 4) is 11.5 Å². The Morgan fingerprint density at radius 2 is 1.83 bits per heavy atom. The second kappa shape index (κ2) is 9.47. The Kier molecular flexibility index (Phi) is 6.76. The summed E-state index contributed by atoms with van der Waals surface area (Å²) in [6.07, 6.45) is 2.01. The van der Waals surface area contributed by atoms with Crippen molar-refractivity contribution in [2.24, 2.45) is 0 Å². The quantitative estimate of drug-likeness (QED) is 0.440. The lowest BCUT2D eigenvalue weighted by Crippen LogP contribution is -2.26. The van der Waals surface area contributed by atoms with E-state index in [9.17, 15) is 14.9 Å². The monoisotopic (exact) mass is 413 g/mol. The van der Waals surface area contributed by atoms with Gasteiger partial charge in [0.15, 0.2) is 11.5 Å². The summed E-state index contributed by atoms with van der Waals surface area (Å²) in [6, 6.07) is 9.99. The molecule has 0 spiro atoms. The minimum atomic E-state index is -0.467. The van der Waals surface area contributed by atoms with Crippen molar-refractivity contribution in [2.45, 2.75) is 45.7 Å². The van der Waals surface area contributed by atoms with Crippen LogP contribution < -0.4 is 20.1 Å². The van der Waals surface area contributed by atoms with Gasteiger partial charge in [-0.05, 0) is 63.4 Å². The van der Waals surface area contributed by atoms with Crippen LogP contribution in [0, 0.1) is 10.1 Å². The summed E-state index contributed by atoms with van der Waals surface area (Å²) in [4.78, 5) is 23.7. The number of hydrogen-bond donors (Lipinski definition) is 2. The molecular weight excluding hydrogens is 386 g/mol. The lowest BCUT2D eigenvalue weighted by Gasteiger charge is -2.18. The number of nitro benzene ring substituents is 1. The Balaban J connectivity index is 1.75. The summed E-state index contributed by atoms with van der Waals surface area (Å²) >= 11 is 0. The number of nitrogens with zero attached hydrogens (tertiary/aromatic N) is 1. The van der Waals surface area contributed by atoms with Crippen molar-refractivity contribution >= 4 is 17.3 Å². The number of hydrogen-bond acceptors (Lipinski definition) is 6. The Morgan fingerprint density at radius 3 is 2.47 bits per heavy atom. The number of carbonyl (C=O) groups is 1. The van der Waals surface area contributed by atoms with Crippen LogP contribution in [0.4, 0.5) is 11.4 Å². The van der Waals surface area contributed by atoms with Gasteiger partial charge >= 0.3 is 0 Å². The highest BCUT2D eigenvalue weighted by Gasteiger charge is 2.26. The van der Waals surface area contributed by atoms with Gasteiger partial charge in [0.05, 0.1) is 24.2 Å². The van der Waals surface area contributed by atoms with Gasteiger partial charge in [-0.25, -0.2) is 0 Å². The third-order valence-electron chi connectivity index (χ3n) is 4.81. The summed E-state index contributed by atoms with van der Waals surface area (Å²) in [6.45, 7) is 6.66. The molecule has 2 aromatic carbocycles. The summed E-state index contributed by atoms with van der Waals surface area (Å²) in [5.41, 5.74) is 1.43. The van der Waals surface area contributed by atoms with Gasteiger partial charge in [0, 0.05) is 17.7 Å². The van der Waals surface area contributed by atoms with Crippen molar-refractivity contribution < 1.29 is 19.2 Å². The van der Waals surface area contributed by atoms with Crippen LogP contribution in [0.3, 0.4) is 0 Å². The Bertz CT molecular complexity index is 927. The standard InChI is InChI=1S/C22H27N3O5/c1-4-29-20-11-7-15(13-21(20)30-5-2)14(3)23-22(26)16-6-10-18(24-17-8-9-17)19(12-16)25(27)28/h6-7,10-14,17,24H,4-5,8-9H2,1-3H3,(H,23,26). The van der Waals surface area contributed by atoms with Crippen molar-refractivity contribution in [2.75, 3.05) is 18.5 Å². The smallest absolute Gasteiger partial charge is 0.293 e.